The molecule has 27 heavy (non-hydrogen) atoms. The van der Waals surface area contributed by atoms with Gasteiger partial charge in [0.1, 0.15) is 5.75 Å². The molecule has 0 N–H and O–H groups in total. The van der Waals surface area contributed by atoms with E-state index in [4.69, 9.17) is 4.74 Å². The van der Waals surface area contributed by atoms with Crippen molar-refractivity contribution in [1.29, 1.82) is 0 Å². The molecule has 1 aromatic carbocycles. The molecule has 1 aliphatic heterocycles. The highest BCUT2D eigenvalue weighted by Crippen LogP contribution is 2.13. The van der Waals surface area contributed by atoms with Crippen LogP contribution in [0.4, 0.5) is 0 Å². The van der Waals surface area contributed by atoms with Crippen LogP contribution >= 0.6 is 0 Å². The number of ether oxygens (including phenoxy) is 1. The highest BCUT2D eigenvalue weighted by Gasteiger charge is 2.20. The van der Waals surface area contributed by atoms with Gasteiger partial charge in [-0.1, -0.05) is 12.1 Å². The first kappa shape index (κ1) is 19.4. The summed E-state index contributed by atoms with van der Waals surface area (Å²) >= 11 is 0. The summed E-state index contributed by atoms with van der Waals surface area (Å²) in [7, 11) is 1.66. The van der Waals surface area contributed by atoms with E-state index in [2.05, 4.69) is 27.7 Å². The first-order valence-corrected chi connectivity index (χ1v) is 9.69. The van der Waals surface area contributed by atoms with Crippen molar-refractivity contribution >= 4 is 5.91 Å². The summed E-state index contributed by atoms with van der Waals surface area (Å²) in [5, 5.41) is 4.52. The van der Waals surface area contributed by atoms with E-state index in [1.165, 1.54) is 11.3 Å². The van der Waals surface area contributed by atoms with Crippen LogP contribution in [-0.4, -0.2) is 65.3 Å². The van der Waals surface area contributed by atoms with Crippen molar-refractivity contribution in [3.8, 4) is 5.75 Å². The smallest absolute Gasteiger partial charge is 0.222 e. The van der Waals surface area contributed by atoms with Crippen molar-refractivity contribution < 1.29 is 9.53 Å². The van der Waals surface area contributed by atoms with Gasteiger partial charge in [-0.15, -0.1) is 0 Å². The molecule has 1 amide bonds. The predicted molar refractivity (Wildman–Crippen MR) is 106 cm³/mol. The minimum absolute atomic E-state index is 0.254. The minimum atomic E-state index is 0.254. The average molecular weight is 370 g/mol. The molecule has 2 aromatic rings. The second-order valence-corrected chi connectivity index (χ2v) is 7.22. The van der Waals surface area contributed by atoms with Gasteiger partial charge >= 0.3 is 0 Å². The van der Waals surface area contributed by atoms with Gasteiger partial charge in [-0.05, 0) is 44.0 Å². The molecule has 1 saturated heterocycles. The Morgan fingerprint density at radius 1 is 1.07 bits per heavy atom. The van der Waals surface area contributed by atoms with Crippen LogP contribution in [0, 0.1) is 13.8 Å². The first-order valence-electron chi connectivity index (χ1n) is 9.69. The zero-order valence-corrected chi connectivity index (χ0v) is 16.6. The van der Waals surface area contributed by atoms with Gasteiger partial charge in [0.05, 0.1) is 19.3 Å². The lowest BCUT2D eigenvalue weighted by Crippen LogP contribution is -2.49. The van der Waals surface area contributed by atoms with Crippen LogP contribution < -0.4 is 4.74 Å². The zero-order valence-electron chi connectivity index (χ0n) is 16.6. The second-order valence-electron chi connectivity index (χ2n) is 7.22. The molecule has 0 aliphatic carbocycles. The summed E-state index contributed by atoms with van der Waals surface area (Å²) in [6, 6.07) is 10.1. The molecule has 1 aliphatic rings. The van der Waals surface area contributed by atoms with Gasteiger partial charge < -0.3 is 9.64 Å². The van der Waals surface area contributed by atoms with Crippen molar-refractivity contribution in [1.82, 2.24) is 19.6 Å². The number of hydrogen-bond donors (Lipinski definition) is 0. The number of methoxy groups -OCH3 is 1. The molecule has 6 heteroatoms. The van der Waals surface area contributed by atoms with Gasteiger partial charge in [0, 0.05) is 44.8 Å². The summed E-state index contributed by atoms with van der Waals surface area (Å²) in [4.78, 5) is 16.9. The molecule has 0 atom stereocenters. The van der Waals surface area contributed by atoms with Gasteiger partial charge in [0.15, 0.2) is 0 Å². The molecule has 6 nitrogen and oxygen atoms in total. The topological polar surface area (TPSA) is 50.6 Å². The van der Waals surface area contributed by atoms with Crippen LogP contribution in [0.1, 0.15) is 23.4 Å². The molecule has 3 rings (SSSR count). The van der Waals surface area contributed by atoms with Crippen LogP contribution in [0.3, 0.4) is 0 Å². The molecule has 1 aromatic heterocycles. The van der Waals surface area contributed by atoms with E-state index in [9.17, 15) is 4.79 Å². The third-order valence-corrected chi connectivity index (χ3v) is 5.24. The lowest BCUT2D eigenvalue weighted by molar-refractivity contribution is -0.132. The predicted octanol–water partition coefficient (Wildman–Crippen LogP) is 2.29. The van der Waals surface area contributed by atoms with Crippen LogP contribution in [0.15, 0.2) is 30.3 Å². The molecule has 0 radical (unpaired) electrons. The number of carbonyl (C=O) groups is 1. The number of amides is 1. The quantitative estimate of drug-likeness (QED) is 0.750. The molecule has 0 saturated carbocycles. The fourth-order valence-corrected chi connectivity index (χ4v) is 3.56. The summed E-state index contributed by atoms with van der Waals surface area (Å²) in [5.41, 5.74) is 3.45. The third kappa shape index (κ3) is 5.32. The van der Waals surface area contributed by atoms with Gasteiger partial charge in [-0.25, -0.2) is 0 Å². The van der Waals surface area contributed by atoms with Crippen LogP contribution in [0.2, 0.25) is 0 Å². The van der Waals surface area contributed by atoms with Crippen molar-refractivity contribution in [2.75, 3.05) is 39.8 Å². The molecule has 0 bridgehead atoms. The van der Waals surface area contributed by atoms with E-state index in [1.807, 2.05) is 36.1 Å². The van der Waals surface area contributed by atoms with Gasteiger partial charge in [-0.2, -0.15) is 5.10 Å². The monoisotopic (exact) mass is 370 g/mol. The Morgan fingerprint density at radius 2 is 1.78 bits per heavy atom. The Kier molecular flexibility index (Phi) is 6.50. The lowest BCUT2D eigenvalue weighted by Gasteiger charge is -2.34. The van der Waals surface area contributed by atoms with Crippen molar-refractivity contribution in [3.63, 3.8) is 0 Å². The van der Waals surface area contributed by atoms with E-state index in [1.54, 1.807) is 7.11 Å². The Labute approximate surface area is 161 Å². The Bertz CT molecular complexity index is 746. The van der Waals surface area contributed by atoms with E-state index in [0.717, 1.165) is 57.1 Å². The molecule has 2 heterocycles. The van der Waals surface area contributed by atoms with Crippen molar-refractivity contribution in [3.05, 3.63) is 47.3 Å². The van der Waals surface area contributed by atoms with Crippen LogP contribution in [0.25, 0.3) is 0 Å². The number of nitrogens with zero attached hydrogens (tertiary/aromatic N) is 4. The number of rotatable bonds is 7. The number of piperazine rings is 1. The van der Waals surface area contributed by atoms with Gasteiger partial charge in [0.2, 0.25) is 5.91 Å². The maximum Gasteiger partial charge on any atom is 0.222 e. The summed E-state index contributed by atoms with van der Waals surface area (Å²) in [6.45, 7) is 9.53. The number of carbonyl (C=O) groups excluding carboxylic acids is 1. The normalized spacial score (nSPS) is 15.1. The number of hydrogen-bond acceptors (Lipinski definition) is 4. The van der Waals surface area contributed by atoms with Crippen molar-refractivity contribution in [2.24, 2.45) is 0 Å². The van der Waals surface area contributed by atoms with Gasteiger partial charge in [-0.3, -0.25) is 14.4 Å². The highest BCUT2D eigenvalue weighted by atomic mass is 16.5. The highest BCUT2D eigenvalue weighted by molar-refractivity contribution is 5.76. The summed E-state index contributed by atoms with van der Waals surface area (Å²) < 4.78 is 7.24. The van der Waals surface area contributed by atoms with E-state index >= 15 is 0 Å². The maximum absolute atomic E-state index is 12.5. The van der Waals surface area contributed by atoms with Gasteiger partial charge in [0.25, 0.3) is 0 Å². The van der Waals surface area contributed by atoms with Crippen LogP contribution in [0.5, 0.6) is 5.75 Å². The molecule has 0 spiro atoms. The van der Waals surface area contributed by atoms with Crippen LogP contribution in [-0.2, 0) is 17.8 Å². The molecular formula is C21H30N4O2. The fourth-order valence-electron chi connectivity index (χ4n) is 3.56. The van der Waals surface area contributed by atoms with E-state index < -0.39 is 0 Å². The Balaban J connectivity index is 1.39. The Morgan fingerprint density at radius 3 is 2.37 bits per heavy atom. The molecule has 146 valence electrons. The molecule has 1 fully saturated rings. The Hall–Kier alpha value is -2.34. The SMILES string of the molecule is COc1ccc(CCC(=O)N2CCN(CCn3nc(C)cc3C)CC2)cc1. The average Bonchev–Trinajstić information content (AvgIpc) is 3.02. The number of aryl methyl sites for hydroxylation is 3. The summed E-state index contributed by atoms with van der Waals surface area (Å²) in [5.74, 6) is 1.10. The zero-order chi connectivity index (χ0) is 19.2. The largest absolute Gasteiger partial charge is 0.497 e. The van der Waals surface area contributed by atoms with Crippen molar-refractivity contribution in [2.45, 2.75) is 33.2 Å². The standard InChI is InChI=1S/C21H30N4O2/c1-17-16-18(2)25(22-17)15-12-23-10-13-24(14-11-23)21(26)9-6-19-4-7-20(27-3)8-5-19/h4-5,7-8,16H,6,9-15H2,1-3H3. The third-order valence-electron chi connectivity index (χ3n) is 5.24. The molecular weight excluding hydrogens is 340 g/mol. The second kappa shape index (κ2) is 9.04. The maximum atomic E-state index is 12.5. The van der Waals surface area contributed by atoms with E-state index in [0.29, 0.717) is 6.42 Å². The lowest BCUT2D eigenvalue weighted by atomic mass is 10.1. The number of aromatic nitrogens is 2. The number of benzene rings is 1. The first-order chi connectivity index (χ1) is 13.0. The minimum Gasteiger partial charge on any atom is -0.497 e. The van der Waals surface area contributed by atoms with E-state index in [-0.39, 0.29) is 5.91 Å². The molecule has 0 unspecified atom stereocenters. The summed E-state index contributed by atoms with van der Waals surface area (Å²) in [6.07, 6.45) is 1.35. The fraction of sp³-hybridized carbons (Fsp3) is 0.524.